The van der Waals surface area contributed by atoms with Crippen molar-refractivity contribution in [2.24, 2.45) is 0 Å². The van der Waals surface area contributed by atoms with Crippen molar-refractivity contribution in [2.75, 3.05) is 11.9 Å². The van der Waals surface area contributed by atoms with E-state index < -0.39 is 5.97 Å². The van der Waals surface area contributed by atoms with Gasteiger partial charge in [0.2, 0.25) is 0 Å². The van der Waals surface area contributed by atoms with Crippen LogP contribution in [0.2, 0.25) is 0 Å². The van der Waals surface area contributed by atoms with Crippen LogP contribution in [0.4, 0.5) is 5.69 Å². The molecule has 1 heterocycles. The Kier molecular flexibility index (Phi) is 6.46. The first-order chi connectivity index (χ1) is 16.3. The maximum Gasteiger partial charge on any atom is 0.339 e. The number of anilines is 1. The van der Waals surface area contributed by atoms with Crippen LogP contribution in [0.3, 0.4) is 0 Å². The molecular formula is C29H28N2O3. The number of carbonyl (C=O) groups is 2. The van der Waals surface area contributed by atoms with E-state index in [2.05, 4.69) is 55.3 Å². The summed E-state index contributed by atoms with van der Waals surface area (Å²) in [7, 11) is 0. The summed E-state index contributed by atoms with van der Waals surface area (Å²) in [6.45, 7) is 8.61. The second-order valence-corrected chi connectivity index (χ2v) is 9.18. The van der Waals surface area contributed by atoms with Gasteiger partial charge in [-0.25, -0.2) is 4.79 Å². The van der Waals surface area contributed by atoms with Crippen LogP contribution in [0.1, 0.15) is 54.0 Å². The molecule has 0 saturated heterocycles. The molecule has 0 aliphatic heterocycles. The lowest BCUT2D eigenvalue weighted by Crippen LogP contribution is -2.13. The van der Waals surface area contributed by atoms with Crippen molar-refractivity contribution in [1.82, 2.24) is 4.98 Å². The molecular weight excluding hydrogens is 424 g/mol. The van der Waals surface area contributed by atoms with Gasteiger partial charge in [0.1, 0.15) is 0 Å². The van der Waals surface area contributed by atoms with Gasteiger partial charge in [0.25, 0.3) is 5.91 Å². The van der Waals surface area contributed by atoms with Crippen LogP contribution >= 0.6 is 0 Å². The minimum absolute atomic E-state index is 0.0661. The maximum absolute atomic E-state index is 13.2. The highest BCUT2D eigenvalue weighted by Crippen LogP contribution is 2.29. The molecule has 172 valence electrons. The number of ether oxygens (including phenoxy) is 1. The molecule has 5 nitrogen and oxygen atoms in total. The second-order valence-electron chi connectivity index (χ2n) is 9.18. The number of fused-ring (bicyclic) bond motifs is 1. The molecule has 0 bridgehead atoms. The lowest BCUT2D eigenvalue weighted by molar-refractivity contribution is 0.0526. The van der Waals surface area contributed by atoms with Crippen LogP contribution in [0.25, 0.3) is 22.0 Å². The Bertz CT molecular complexity index is 1350. The number of pyridine rings is 1. The van der Waals surface area contributed by atoms with Gasteiger partial charge in [-0.2, -0.15) is 0 Å². The molecule has 0 unspecified atom stereocenters. The van der Waals surface area contributed by atoms with Gasteiger partial charge in [-0.15, -0.1) is 0 Å². The lowest BCUT2D eigenvalue weighted by Gasteiger charge is -2.19. The van der Waals surface area contributed by atoms with Gasteiger partial charge in [0, 0.05) is 22.8 Å². The molecule has 0 aliphatic carbocycles. The fourth-order valence-electron chi connectivity index (χ4n) is 3.81. The van der Waals surface area contributed by atoms with Crippen molar-refractivity contribution in [1.29, 1.82) is 0 Å². The average molecular weight is 453 g/mol. The Balaban J connectivity index is 1.58. The minimum atomic E-state index is -0.401. The SMILES string of the molecule is CCOC(=O)c1cnc2cc(NC(=O)c3ccccc3-c3ccc(C(C)(C)C)cc3)ccc2c1. The number of nitrogens with one attached hydrogen (secondary N) is 1. The van der Waals surface area contributed by atoms with Crippen molar-refractivity contribution >= 4 is 28.5 Å². The minimum Gasteiger partial charge on any atom is -0.462 e. The fraction of sp³-hybridized carbons (Fsp3) is 0.207. The van der Waals surface area contributed by atoms with Gasteiger partial charge in [-0.05, 0) is 53.3 Å². The highest BCUT2D eigenvalue weighted by Gasteiger charge is 2.16. The number of aromatic nitrogens is 1. The summed E-state index contributed by atoms with van der Waals surface area (Å²) in [6, 6.07) is 23.1. The second kappa shape index (κ2) is 9.48. The van der Waals surface area contributed by atoms with Crippen LogP contribution in [-0.4, -0.2) is 23.5 Å². The van der Waals surface area contributed by atoms with Crippen molar-refractivity contribution in [3.63, 3.8) is 0 Å². The number of amides is 1. The van der Waals surface area contributed by atoms with E-state index in [4.69, 9.17) is 4.74 Å². The van der Waals surface area contributed by atoms with E-state index >= 15 is 0 Å². The van der Waals surface area contributed by atoms with Crippen LogP contribution in [0, 0.1) is 0 Å². The first-order valence-electron chi connectivity index (χ1n) is 11.3. The summed E-state index contributed by atoms with van der Waals surface area (Å²) in [4.78, 5) is 29.5. The normalized spacial score (nSPS) is 11.3. The number of nitrogens with zero attached hydrogens (tertiary/aromatic N) is 1. The van der Waals surface area contributed by atoms with Crippen LogP contribution in [0.15, 0.2) is 79.0 Å². The monoisotopic (exact) mass is 452 g/mol. The van der Waals surface area contributed by atoms with E-state index in [1.807, 2.05) is 30.3 Å². The Morgan fingerprint density at radius 3 is 2.38 bits per heavy atom. The van der Waals surface area contributed by atoms with E-state index in [1.54, 1.807) is 25.1 Å². The third kappa shape index (κ3) is 4.99. The van der Waals surface area contributed by atoms with E-state index in [0.29, 0.717) is 28.9 Å². The standard InChI is InChI=1S/C29H28N2O3/c1-5-34-28(33)21-16-20-12-15-23(17-26(20)30-18-21)31-27(32)25-9-7-6-8-24(25)19-10-13-22(14-11-19)29(2,3)4/h6-18H,5H2,1-4H3,(H,31,32). The largest absolute Gasteiger partial charge is 0.462 e. The van der Waals surface area contributed by atoms with E-state index in [9.17, 15) is 9.59 Å². The number of hydrogen-bond acceptors (Lipinski definition) is 4. The smallest absolute Gasteiger partial charge is 0.339 e. The predicted molar refractivity (Wildman–Crippen MR) is 136 cm³/mol. The molecule has 0 saturated carbocycles. The highest BCUT2D eigenvalue weighted by molar-refractivity contribution is 6.09. The topological polar surface area (TPSA) is 68.3 Å². The highest BCUT2D eigenvalue weighted by atomic mass is 16.5. The molecule has 3 aromatic carbocycles. The molecule has 0 aliphatic rings. The quantitative estimate of drug-likeness (QED) is 0.345. The van der Waals surface area contributed by atoms with E-state index in [1.165, 1.54) is 11.8 Å². The number of rotatable bonds is 5. The number of carbonyl (C=O) groups excluding carboxylic acids is 2. The zero-order chi connectivity index (χ0) is 24.3. The fourth-order valence-corrected chi connectivity index (χ4v) is 3.81. The Hall–Kier alpha value is -3.99. The lowest BCUT2D eigenvalue weighted by atomic mass is 9.86. The Labute approximate surface area is 199 Å². The molecule has 4 aromatic rings. The first-order valence-corrected chi connectivity index (χ1v) is 11.3. The number of esters is 1. The van der Waals surface area contributed by atoms with E-state index in [-0.39, 0.29) is 11.3 Å². The van der Waals surface area contributed by atoms with Crippen molar-refractivity contribution in [3.05, 3.63) is 95.7 Å². The summed E-state index contributed by atoms with van der Waals surface area (Å²) >= 11 is 0. The zero-order valence-electron chi connectivity index (χ0n) is 19.9. The summed E-state index contributed by atoms with van der Waals surface area (Å²) in [5.74, 6) is -0.598. The van der Waals surface area contributed by atoms with Gasteiger partial charge in [-0.1, -0.05) is 69.3 Å². The Morgan fingerprint density at radius 2 is 1.68 bits per heavy atom. The molecule has 5 heteroatoms. The third-order valence-corrected chi connectivity index (χ3v) is 5.69. The number of benzene rings is 3. The van der Waals surface area contributed by atoms with Gasteiger partial charge in [0.05, 0.1) is 17.7 Å². The molecule has 34 heavy (non-hydrogen) atoms. The first kappa shape index (κ1) is 23.2. The molecule has 1 amide bonds. The predicted octanol–water partition coefficient (Wildman–Crippen LogP) is 6.63. The van der Waals surface area contributed by atoms with Gasteiger partial charge < -0.3 is 10.1 Å². The Morgan fingerprint density at radius 1 is 0.941 bits per heavy atom. The molecule has 0 fully saturated rings. The van der Waals surface area contributed by atoms with Crippen LogP contribution in [0.5, 0.6) is 0 Å². The molecule has 0 spiro atoms. The van der Waals surface area contributed by atoms with Crippen molar-refractivity contribution in [3.8, 4) is 11.1 Å². The number of hydrogen-bond donors (Lipinski definition) is 1. The molecule has 0 atom stereocenters. The van der Waals surface area contributed by atoms with Crippen molar-refractivity contribution in [2.45, 2.75) is 33.1 Å². The van der Waals surface area contributed by atoms with Gasteiger partial charge in [-0.3, -0.25) is 9.78 Å². The maximum atomic E-state index is 13.2. The van der Waals surface area contributed by atoms with Gasteiger partial charge in [0.15, 0.2) is 0 Å². The van der Waals surface area contributed by atoms with Crippen LogP contribution < -0.4 is 5.32 Å². The molecule has 1 aromatic heterocycles. The summed E-state index contributed by atoms with van der Waals surface area (Å²) in [6.07, 6.45) is 1.49. The summed E-state index contributed by atoms with van der Waals surface area (Å²) in [5, 5.41) is 3.78. The molecule has 1 N–H and O–H groups in total. The summed E-state index contributed by atoms with van der Waals surface area (Å²) in [5.41, 5.74) is 5.48. The third-order valence-electron chi connectivity index (χ3n) is 5.69. The van der Waals surface area contributed by atoms with Crippen LogP contribution in [-0.2, 0) is 10.2 Å². The zero-order valence-corrected chi connectivity index (χ0v) is 19.9. The molecule has 0 radical (unpaired) electrons. The molecule has 4 rings (SSSR count). The van der Waals surface area contributed by atoms with Crippen molar-refractivity contribution < 1.29 is 14.3 Å². The van der Waals surface area contributed by atoms with E-state index in [0.717, 1.165) is 16.5 Å². The summed E-state index contributed by atoms with van der Waals surface area (Å²) < 4.78 is 5.04. The van der Waals surface area contributed by atoms with Gasteiger partial charge >= 0.3 is 5.97 Å². The average Bonchev–Trinajstić information content (AvgIpc) is 2.83.